The number of benzene rings is 2. The normalized spacial score (nSPS) is 17.8. The van der Waals surface area contributed by atoms with Crippen molar-refractivity contribution < 1.29 is 4.79 Å². The number of carbonyl (C=O) groups is 1. The molecule has 4 rings (SSSR count). The van der Waals surface area contributed by atoms with E-state index < -0.39 is 0 Å². The molecule has 0 radical (unpaired) electrons. The molecular formula is C19H20N4O. The van der Waals surface area contributed by atoms with E-state index in [9.17, 15) is 4.79 Å². The maximum Gasteiger partial charge on any atom is 0.257 e. The van der Waals surface area contributed by atoms with Crippen LogP contribution >= 0.6 is 0 Å². The number of anilines is 1. The lowest BCUT2D eigenvalue weighted by Gasteiger charge is -2.23. The molecule has 122 valence electrons. The Bertz CT molecular complexity index is 847. The topological polar surface area (TPSA) is 69.8 Å². The second-order valence-corrected chi connectivity index (χ2v) is 6.26. The zero-order valence-corrected chi connectivity index (χ0v) is 13.4. The third kappa shape index (κ3) is 2.90. The van der Waals surface area contributed by atoms with Gasteiger partial charge in [-0.25, -0.2) is 0 Å². The molecule has 0 spiro atoms. The molecule has 1 aliphatic heterocycles. The van der Waals surface area contributed by atoms with Crippen LogP contribution in [0.15, 0.2) is 48.7 Å². The second kappa shape index (κ2) is 6.45. The largest absolute Gasteiger partial charge is 0.322 e. The van der Waals surface area contributed by atoms with Gasteiger partial charge in [0.05, 0.1) is 17.3 Å². The van der Waals surface area contributed by atoms with Gasteiger partial charge in [-0.3, -0.25) is 9.89 Å². The summed E-state index contributed by atoms with van der Waals surface area (Å²) < 4.78 is 0. The number of carbonyl (C=O) groups excluding carboxylic acids is 1. The summed E-state index contributed by atoms with van der Waals surface area (Å²) in [6, 6.07) is 13.8. The number of aromatic nitrogens is 2. The standard InChI is InChI=1S/C19H20N4O/c24-19(17-5-1-3-15-12-21-23-18(15)17)22-16-8-6-13(7-9-16)14-4-2-10-20-11-14/h1,3,5-9,12,14,20H,2,4,10-11H2,(H,21,23)(H,22,24)/t14-/m1/s1. The van der Waals surface area contributed by atoms with E-state index in [0.717, 1.165) is 29.7 Å². The Labute approximate surface area is 140 Å². The fourth-order valence-electron chi connectivity index (χ4n) is 3.33. The average Bonchev–Trinajstić information content (AvgIpc) is 3.12. The van der Waals surface area contributed by atoms with E-state index in [1.807, 2.05) is 24.3 Å². The molecule has 0 aliphatic carbocycles. The number of aromatic amines is 1. The maximum absolute atomic E-state index is 12.5. The highest BCUT2D eigenvalue weighted by atomic mass is 16.1. The van der Waals surface area contributed by atoms with Gasteiger partial charge >= 0.3 is 0 Å². The minimum Gasteiger partial charge on any atom is -0.322 e. The van der Waals surface area contributed by atoms with Crippen LogP contribution in [0.25, 0.3) is 10.9 Å². The summed E-state index contributed by atoms with van der Waals surface area (Å²) in [4.78, 5) is 12.5. The van der Waals surface area contributed by atoms with Crippen molar-refractivity contribution in [2.75, 3.05) is 18.4 Å². The molecule has 1 aliphatic rings. The minimum atomic E-state index is -0.128. The van der Waals surface area contributed by atoms with Gasteiger partial charge in [-0.15, -0.1) is 0 Å². The zero-order chi connectivity index (χ0) is 16.4. The Morgan fingerprint density at radius 1 is 1.17 bits per heavy atom. The Morgan fingerprint density at radius 3 is 2.83 bits per heavy atom. The molecule has 0 bridgehead atoms. The molecule has 3 aromatic rings. The molecule has 1 saturated heterocycles. The molecular weight excluding hydrogens is 300 g/mol. The second-order valence-electron chi connectivity index (χ2n) is 6.26. The van der Waals surface area contributed by atoms with Gasteiger partial charge in [-0.2, -0.15) is 5.10 Å². The predicted molar refractivity (Wildman–Crippen MR) is 95.3 cm³/mol. The van der Waals surface area contributed by atoms with Gasteiger partial charge in [0, 0.05) is 17.6 Å². The van der Waals surface area contributed by atoms with Crippen LogP contribution in [0.4, 0.5) is 5.69 Å². The molecule has 5 heteroatoms. The molecule has 1 amide bonds. The SMILES string of the molecule is O=C(Nc1ccc([C@@H]2CCCNC2)cc1)c1cccc2cn[nH]c12. The number of piperidine rings is 1. The highest BCUT2D eigenvalue weighted by Crippen LogP contribution is 2.25. The predicted octanol–water partition coefficient (Wildman–Crippen LogP) is 3.28. The third-order valence-corrected chi connectivity index (χ3v) is 4.66. The van der Waals surface area contributed by atoms with Gasteiger partial charge in [0.2, 0.25) is 0 Å². The molecule has 24 heavy (non-hydrogen) atoms. The maximum atomic E-state index is 12.5. The highest BCUT2D eigenvalue weighted by molar-refractivity contribution is 6.11. The number of hydrogen-bond acceptors (Lipinski definition) is 3. The van der Waals surface area contributed by atoms with Crippen LogP contribution in [0.3, 0.4) is 0 Å². The van der Waals surface area contributed by atoms with Crippen LogP contribution in [-0.2, 0) is 0 Å². The average molecular weight is 320 g/mol. The Balaban J connectivity index is 1.50. The van der Waals surface area contributed by atoms with E-state index in [1.54, 1.807) is 12.3 Å². The van der Waals surface area contributed by atoms with Crippen molar-refractivity contribution in [3.63, 3.8) is 0 Å². The monoisotopic (exact) mass is 320 g/mol. The van der Waals surface area contributed by atoms with Crippen molar-refractivity contribution >= 4 is 22.5 Å². The van der Waals surface area contributed by atoms with Gasteiger partial charge in [0.15, 0.2) is 0 Å². The number of fused-ring (bicyclic) bond motifs is 1. The zero-order valence-electron chi connectivity index (χ0n) is 13.4. The Hall–Kier alpha value is -2.66. The van der Waals surface area contributed by atoms with Crippen LogP contribution in [0.5, 0.6) is 0 Å². The summed E-state index contributed by atoms with van der Waals surface area (Å²) in [5.74, 6) is 0.444. The first-order chi connectivity index (χ1) is 11.8. The number of hydrogen-bond donors (Lipinski definition) is 3. The highest BCUT2D eigenvalue weighted by Gasteiger charge is 2.15. The van der Waals surface area contributed by atoms with Gasteiger partial charge in [-0.05, 0) is 49.1 Å². The van der Waals surface area contributed by atoms with Crippen LogP contribution in [0, 0.1) is 0 Å². The summed E-state index contributed by atoms with van der Waals surface area (Å²) >= 11 is 0. The Kier molecular flexibility index (Phi) is 4.01. The molecule has 2 aromatic carbocycles. The third-order valence-electron chi connectivity index (χ3n) is 4.66. The number of amides is 1. The smallest absolute Gasteiger partial charge is 0.257 e. The van der Waals surface area contributed by atoms with Crippen LogP contribution in [-0.4, -0.2) is 29.2 Å². The van der Waals surface area contributed by atoms with Crippen LogP contribution in [0.1, 0.15) is 34.7 Å². The summed E-state index contributed by atoms with van der Waals surface area (Å²) in [6.07, 6.45) is 4.16. The van der Waals surface area contributed by atoms with Crippen molar-refractivity contribution in [2.24, 2.45) is 0 Å². The summed E-state index contributed by atoms with van der Waals surface area (Å²) in [5.41, 5.74) is 3.50. The van der Waals surface area contributed by atoms with E-state index in [2.05, 4.69) is 33.0 Å². The van der Waals surface area contributed by atoms with Crippen LogP contribution in [0.2, 0.25) is 0 Å². The molecule has 2 heterocycles. The number of nitrogens with one attached hydrogen (secondary N) is 3. The first-order valence-electron chi connectivity index (χ1n) is 8.35. The van der Waals surface area contributed by atoms with E-state index >= 15 is 0 Å². The number of rotatable bonds is 3. The number of nitrogens with zero attached hydrogens (tertiary/aromatic N) is 1. The number of para-hydroxylation sites is 1. The lowest BCUT2D eigenvalue weighted by molar-refractivity contribution is 0.102. The molecule has 1 fully saturated rings. The van der Waals surface area contributed by atoms with Gasteiger partial charge in [0.25, 0.3) is 5.91 Å². The quantitative estimate of drug-likeness (QED) is 0.693. The van der Waals surface area contributed by atoms with Gasteiger partial charge in [-0.1, -0.05) is 24.3 Å². The van der Waals surface area contributed by atoms with Crippen LogP contribution < -0.4 is 10.6 Å². The summed E-state index contributed by atoms with van der Waals surface area (Å²) in [5, 5.41) is 14.2. The summed E-state index contributed by atoms with van der Waals surface area (Å²) in [6.45, 7) is 2.15. The fourth-order valence-corrected chi connectivity index (χ4v) is 3.33. The molecule has 0 saturated carbocycles. The summed E-state index contributed by atoms with van der Waals surface area (Å²) in [7, 11) is 0. The molecule has 5 nitrogen and oxygen atoms in total. The van der Waals surface area contributed by atoms with Crippen molar-refractivity contribution in [2.45, 2.75) is 18.8 Å². The number of H-pyrrole nitrogens is 1. The van der Waals surface area contributed by atoms with Crippen molar-refractivity contribution in [3.8, 4) is 0 Å². The molecule has 1 atom stereocenters. The van der Waals surface area contributed by atoms with E-state index in [4.69, 9.17) is 0 Å². The lowest BCUT2D eigenvalue weighted by atomic mass is 9.91. The van der Waals surface area contributed by atoms with Crippen molar-refractivity contribution in [1.82, 2.24) is 15.5 Å². The molecule has 3 N–H and O–H groups in total. The first-order valence-corrected chi connectivity index (χ1v) is 8.35. The first kappa shape index (κ1) is 14.9. The molecule has 1 aromatic heterocycles. The van der Waals surface area contributed by atoms with Crippen molar-refractivity contribution in [3.05, 3.63) is 59.8 Å². The lowest BCUT2D eigenvalue weighted by Crippen LogP contribution is -2.28. The van der Waals surface area contributed by atoms with E-state index in [1.165, 1.54) is 18.4 Å². The molecule has 0 unspecified atom stereocenters. The Morgan fingerprint density at radius 2 is 2.04 bits per heavy atom. The van der Waals surface area contributed by atoms with E-state index in [-0.39, 0.29) is 5.91 Å². The van der Waals surface area contributed by atoms with Crippen molar-refractivity contribution in [1.29, 1.82) is 0 Å². The fraction of sp³-hybridized carbons (Fsp3) is 0.263. The minimum absolute atomic E-state index is 0.128. The van der Waals surface area contributed by atoms with Gasteiger partial charge in [0.1, 0.15) is 0 Å². The van der Waals surface area contributed by atoms with Gasteiger partial charge < -0.3 is 10.6 Å². The van der Waals surface area contributed by atoms with E-state index in [0.29, 0.717) is 11.5 Å².